The smallest absolute Gasteiger partial charge is 0.394 e. The number of amides is 2. The number of rotatable bonds is 6. The first kappa shape index (κ1) is 22.6. The van der Waals surface area contributed by atoms with Crippen LogP contribution in [0.3, 0.4) is 0 Å². The summed E-state index contributed by atoms with van der Waals surface area (Å²) in [5.74, 6) is -1.07. The fourth-order valence-corrected chi connectivity index (χ4v) is 3.14. The van der Waals surface area contributed by atoms with Crippen LogP contribution in [0.15, 0.2) is 48.5 Å². The number of alkyl halides is 3. The summed E-state index contributed by atoms with van der Waals surface area (Å²) in [4.78, 5) is 26.9. The zero-order valence-corrected chi connectivity index (χ0v) is 16.5. The lowest BCUT2D eigenvalue weighted by Crippen LogP contribution is -2.53. The van der Waals surface area contributed by atoms with Gasteiger partial charge in [0.1, 0.15) is 6.04 Å². The second-order valence-corrected chi connectivity index (χ2v) is 6.90. The van der Waals surface area contributed by atoms with E-state index in [9.17, 15) is 27.9 Å². The van der Waals surface area contributed by atoms with E-state index in [-0.39, 0.29) is 16.9 Å². The number of benzene rings is 2. The van der Waals surface area contributed by atoms with E-state index in [4.69, 9.17) is 4.74 Å². The van der Waals surface area contributed by atoms with Gasteiger partial charge < -0.3 is 25.4 Å². The molecule has 0 bridgehead atoms. The Labute approximate surface area is 176 Å². The molecule has 0 radical (unpaired) electrons. The standard InChI is InChI=1S/C21H22F3N3O4/c22-21(23,24)14-4-3-5-15(12-14)25-17-7-2-1-6-16(17)19(29)26-18(13-28)20(30)27-8-10-31-11-9-27/h1-7,12,18,25,28H,8-11,13H2,(H,26,29)/t18-/m0/s1. The van der Waals surface area contributed by atoms with Gasteiger partial charge >= 0.3 is 6.18 Å². The molecule has 1 heterocycles. The van der Waals surface area contributed by atoms with Gasteiger partial charge in [-0.15, -0.1) is 0 Å². The van der Waals surface area contributed by atoms with Crippen molar-refractivity contribution in [2.75, 3.05) is 38.2 Å². The molecule has 2 aromatic rings. The third kappa shape index (κ3) is 5.74. The summed E-state index contributed by atoms with van der Waals surface area (Å²) in [5.41, 5.74) is -0.294. The van der Waals surface area contributed by atoms with E-state index in [0.717, 1.165) is 12.1 Å². The largest absolute Gasteiger partial charge is 0.416 e. The van der Waals surface area contributed by atoms with E-state index in [1.807, 2.05) is 0 Å². The number of aliphatic hydroxyl groups excluding tert-OH is 1. The van der Waals surface area contributed by atoms with Crippen molar-refractivity contribution in [2.24, 2.45) is 0 Å². The molecule has 0 aromatic heterocycles. The van der Waals surface area contributed by atoms with E-state index in [2.05, 4.69) is 10.6 Å². The minimum Gasteiger partial charge on any atom is -0.394 e. The molecule has 1 fully saturated rings. The molecule has 2 amide bonds. The Kier molecular flexibility index (Phi) is 7.13. The predicted molar refractivity (Wildman–Crippen MR) is 107 cm³/mol. The molecule has 166 valence electrons. The van der Waals surface area contributed by atoms with Gasteiger partial charge in [-0.1, -0.05) is 18.2 Å². The Bertz CT molecular complexity index is 930. The van der Waals surface area contributed by atoms with Crippen LogP contribution in [-0.4, -0.2) is 60.8 Å². The molecule has 0 unspecified atom stereocenters. The minimum absolute atomic E-state index is 0.119. The van der Waals surface area contributed by atoms with Crippen LogP contribution in [0.1, 0.15) is 15.9 Å². The van der Waals surface area contributed by atoms with Gasteiger partial charge in [0.2, 0.25) is 5.91 Å². The Morgan fingerprint density at radius 3 is 2.48 bits per heavy atom. The molecule has 0 aliphatic carbocycles. The molecule has 1 aliphatic heterocycles. The summed E-state index contributed by atoms with van der Waals surface area (Å²) in [6.45, 7) is 0.881. The molecular formula is C21H22F3N3O4. The third-order valence-electron chi connectivity index (χ3n) is 4.75. The lowest BCUT2D eigenvalue weighted by molar-refractivity contribution is -0.138. The number of nitrogens with zero attached hydrogens (tertiary/aromatic N) is 1. The Morgan fingerprint density at radius 1 is 1.10 bits per heavy atom. The molecule has 7 nitrogen and oxygen atoms in total. The Hall–Kier alpha value is -3.11. The number of hydrogen-bond donors (Lipinski definition) is 3. The number of ether oxygens (including phenoxy) is 1. The maximum absolute atomic E-state index is 13.0. The molecule has 2 aromatic carbocycles. The monoisotopic (exact) mass is 437 g/mol. The summed E-state index contributed by atoms with van der Waals surface area (Å²) in [7, 11) is 0. The zero-order chi connectivity index (χ0) is 22.4. The fraction of sp³-hybridized carbons (Fsp3) is 0.333. The molecule has 10 heteroatoms. The first-order chi connectivity index (χ1) is 14.8. The minimum atomic E-state index is -4.50. The number of carbonyl (C=O) groups excluding carboxylic acids is 2. The number of carbonyl (C=O) groups is 2. The van der Waals surface area contributed by atoms with Crippen molar-refractivity contribution in [3.8, 4) is 0 Å². The van der Waals surface area contributed by atoms with Gasteiger partial charge in [-0.3, -0.25) is 9.59 Å². The highest BCUT2D eigenvalue weighted by Crippen LogP contribution is 2.31. The summed E-state index contributed by atoms with van der Waals surface area (Å²) < 4.78 is 44.1. The maximum Gasteiger partial charge on any atom is 0.416 e. The van der Waals surface area contributed by atoms with Crippen molar-refractivity contribution in [1.29, 1.82) is 0 Å². The van der Waals surface area contributed by atoms with Gasteiger partial charge in [0, 0.05) is 18.8 Å². The van der Waals surface area contributed by atoms with Gasteiger partial charge in [-0.25, -0.2) is 0 Å². The highest BCUT2D eigenvalue weighted by molar-refractivity contribution is 6.02. The van der Waals surface area contributed by atoms with Gasteiger partial charge in [0.25, 0.3) is 5.91 Å². The van der Waals surface area contributed by atoms with Crippen LogP contribution < -0.4 is 10.6 Å². The first-order valence-corrected chi connectivity index (χ1v) is 9.61. The second kappa shape index (κ2) is 9.80. The van der Waals surface area contributed by atoms with Crippen LogP contribution in [-0.2, 0) is 15.7 Å². The lowest BCUT2D eigenvalue weighted by atomic mass is 10.1. The summed E-state index contributed by atoms with van der Waals surface area (Å²) >= 11 is 0. The number of para-hydroxylation sites is 1. The predicted octanol–water partition coefficient (Wildman–Crippen LogP) is 2.40. The van der Waals surface area contributed by atoms with Crippen molar-refractivity contribution in [2.45, 2.75) is 12.2 Å². The number of hydrogen-bond acceptors (Lipinski definition) is 5. The van der Waals surface area contributed by atoms with Gasteiger partial charge in [0.05, 0.1) is 36.6 Å². The molecule has 1 saturated heterocycles. The number of anilines is 2. The van der Waals surface area contributed by atoms with Crippen molar-refractivity contribution >= 4 is 23.2 Å². The van der Waals surface area contributed by atoms with E-state index >= 15 is 0 Å². The van der Waals surface area contributed by atoms with Gasteiger partial charge in [-0.05, 0) is 30.3 Å². The van der Waals surface area contributed by atoms with E-state index in [1.54, 1.807) is 12.1 Å². The zero-order valence-electron chi connectivity index (χ0n) is 16.5. The van der Waals surface area contributed by atoms with Crippen LogP contribution in [0.2, 0.25) is 0 Å². The molecule has 0 spiro atoms. The van der Waals surface area contributed by atoms with Crippen LogP contribution in [0.4, 0.5) is 24.5 Å². The number of nitrogens with one attached hydrogen (secondary N) is 2. The van der Waals surface area contributed by atoms with Crippen LogP contribution in [0.25, 0.3) is 0 Å². The molecule has 31 heavy (non-hydrogen) atoms. The molecule has 3 N–H and O–H groups in total. The van der Waals surface area contributed by atoms with E-state index < -0.39 is 36.2 Å². The highest BCUT2D eigenvalue weighted by atomic mass is 19.4. The van der Waals surface area contributed by atoms with Crippen LogP contribution in [0, 0.1) is 0 Å². The molecular weight excluding hydrogens is 415 g/mol. The quantitative estimate of drug-likeness (QED) is 0.646. The van der Waals surface area contributed by atoms with Crippen molar-refractivity contribution in [3.63, 3.8) is 0 Å². The van der Waals surface area contributed by atoms with Crippen molar-refractivity contribution in [3.05, 3.63) is 59.7 Å². The molecule has 3 rings (SSSR count). The fourth-order valence-electron chi connectivity index (χ4n) is 3.14. The number of halogens is 3. The average molecular weight is 437 g/mol. The van der Waals surface area contributed by atoms with Crippen molar-refractivity contribution < 1.29 is 32.6 Å². The SMILES string of the molecule is O=C(N[C@@H](CO)C(=O)N1CCOCC1)c1ccccc1Nc1cccc(C(F)(F)F)c1. The first-order valence-electron chi connectivity index (χ1n) is 9.61. The third-order valence-corrected chi connectivity index (χ3v) is 4.75. The van der Waals surface area contributed by atoms with E-state index in [1.165, 1.54) is 29.2 Å². The summed E-state index contributed by atoms with van der Waals surface area (Å²) in [5, 5.41) is 14.9. The van der Waals surface area contributed by atoms with E-state index in [0.29, 0.717) is 26.3 Å². The van der Waals surface area contributed by atoms with Gasteiger partial charge in [-0.2, -0.15) is 13.2 Å². The Morgan fingerprint density at radius 2 is 1.81 bits per heavy atom. The molecule has 1 aliphatic rings. The van der Waals surface area contributed by atoms with Gasteiger partial charge in [0.15, 0.2) is 0 Å². The molecule has 1 atom stereocenters. The number of aliphatic hydroxyl groups is 1. The Balaban J connectivity index is 1.76. The van der Waals surface area contributed by atoms with Crippen LogP contribution >= 0.6 is 0 Å². The summed E-state index contributed by atoms with van der Waals surface area (Å²) in [6.07, 6.45) is -4.50. The molecule has 0 saturated carbocycles. The second-order valence-electron chi connectivity index (χ2n) is 6.90. The summed E-state index contributed by atoms with van der Waals surface area (Å²) in [6, 6.07) is 9.66. The maximum atomic E-state index is 13.0. The lowest BCUT2D eigenvalue weighted by Gasteiger charge is -2.30. The van der Waals surface area contributed by atoms with Crippen molar-refractivity contribution in [1.82, 2.24) is 10.2 Å². The van der Waals surface area contributed by atoms with Crippen LogP contribution in [0.5, 0.6) is 0 Å². The topological polar surface area (TPSA) is 90.9 Å². The number of morpholine rings is 1. The normalized spacial score (nSPS) is 15.3. The average Bonchev–Trinajstić information content (AvgIpc) is 2.77. The highest BCUT2D eigenvalue weighted by Gasteiger charge is 2.31.